The number of hydrogen-bond acceptors (Lipinski definition) is 2. The molecule has 0 atom stereocenters. The highest BCUT2D eigenvalue weighted by atomic mass is 19.4. The van der Waals surface area contributed by atoms with Gasteiger partial charge in [-0.3, -0.25) is 9.78 Å². The molecule has 0 saturated heterocycles. The van der Waals surface area contributed by atoms with E-state index in [2.05, 4.69) is 4.98 Å². The van der Waals surface area contributed by atoms with Crippen molar-refractivity contribution in [1.82, 2.24) is 4.98 Å². The molecule has 0 radical (unpaired) electrons. The zero-order valence-corrected chi connectivity index (χ0v) is 11.0. The van der Waals surface area contributed by atoms with Gasteiger partial charge in [-0.1, -0.05) is 12.1 Å². The molecule has 0 unspecified atom stereocenters. The van der Waals surface area contributed by atoms with Gasteiger partial charge in [0, 0.05) is 11.8 Å². The lowest BCUT2D eigenvalue weighted by molar-refractivity contribution is -0.137. The second-order valence-corrected chi connectivity index (χ2v) is 4.53. The summed E-state index contributed by atoms with van der Waals surface area (Å²) >= 11 is 0. The van der Waals surface area contributed by atoms with Crippen LogP contribution in [0.25, 0.3) is 0 Å². The fourth-order valence-electron chi connectivity index (χ4n) is 1.95. The summed E-state index contributed by atoms with van der Waals surface area (Å²) in [5.74, 6) is -0.366. The molecule has 0 aliphatic rings. The van der Waals surface area contributed by atoms with E-state index in [1.165, 1.54) is 19.2 Å². The summed E-state index contributed by atoms with van der Waals surface area (Å²) in [5, 5.41) is 0. The van der Waals surface area contributed by atoms with E-state index in [9.17, 15) is 18.0 Å². The molecule has 5 heteroatoms. The van der Waals surface area contributed by atoms with E-state index in [1.807, 2.05) is 0 Å². The van der Waals surface area contributed by atoms with Crippen molar-refractivity contribution < 1.29 is 18.0 Å². The monoisotopic (exact) mass is 279 g/mol. The van der Waals surface area contributed by atoms with Gasteiger partial charge in [0.2, 0.25) is 5.78 Å². The van der Waals surface area contributed by atoms with Crippen LogP contribution in [0.3, 0.4) is 0 Å². The highest BCUT2D eigenvalue weighted by Crippen LogP contribution is 2.30. The minimum atomic E-state index is -4.41. The third kappa shape index (κ3) is 2.71. The van der Waals surface area contributed by atoms with Gasteiger partial charge in [0.1, 0.15) is 5.69 Å². The van der Waals surface area contributed by atoms with E-state index >= 15 is 0 Å². The lowest BCUT2D eigenvalue weighted by Crippen LogP contribution is -2.10. The maximum Gasteiger partial charge on any atom is 0.416 e. The first kappa shape index (κ1) is 14.2. The van der Waals surface area contributed by atoms with Crippen LogP contribution in [0, 0.1) is 13.8 Å². The van der Waals surface area contributed by atoms with Crippen LogP contribution < -0.4 is 0 Å². The number of hydrogen-bond donors (Lipinski definition) is 0. The molecule has 0 spiro atoms. The first-order chi connectivity index (χ1) is 9.30. The summed E-state index contributed by atoms with van der Waals surface area (Å²) in [6.45, 7) is 3.22. The number of rotatable bonds is 2. The molecule has 2 aromatic rings. The smallest absolute Gasteiger partial charge is 0.287 e. The van der Waals surface area contributed by atoms with Crippen LogP contribution >= 0.6 is 0 Å². The molecule has 0 fully saturated rings. The number of nitrogens with zero attached hydrogens (tertiary/aromatic N) is 1. The fourth-order valence-corrected chi connectivity index (χ4v) is 1.95. The van der Waals surface area contributed by atoms with Crippen LogP contribution in [0.4, 0.5) is 13.2 Å². The summed E-state index contributed by atoms with van der Waals surface area (Å²) in [4.78, 5) is 16.3. The van der Waals surface area contributed by atoms with Crippen molar-refractivity contribution in [3.63, 3.8) is 0 Å². The van der Waals surface area contributed by atoms with Crippen molar-refractivity contribution in [2.24, 2.45) is 0 Å². The van der Waals surface area contributed by atoms with E-state index in [1.54, 1.807) is 19.1 Å². The van der Waals surface area contributed by atoms with Crippen LogP contribution in [-0.2, 0) is 6.18 Å². The second kappa shape index (κ2) is 5.07. The zero-order chi connectivity index (χ0) is 14.9. The van der Waals surface area contributed by atoms with Crippen molar-refractivity contribution in [2.75, 3.05) is 0 Å². The molecular formula is C15H12F3NO. The molecule has 1 aromatic heterocycles. The Kier molecular flexibility index (Phi) is 3.61. The van der Waals surface area contributed by atoms with E-state index in [4.69, 9.17) is 0 Å². The zero-order valence-electron chi connectivity index (χ0n) is 11.0. The molecule has 1 heterocycles. The standard InChI is InChI=1S/C15H12F3NO/c1-9-4-3-7-19-13(9)14(20)12-6-5-11(8-10(12)2)15(16,17)18/h3-8H,1-2H3. The molecular weight excluding hydrogens is 267 g/mol. The topological polar surface area (TPSA) is 30.0 Å². The van der Waals surface area contributed by atoms with Crippen molar-refractivity contribution in [1.29, 1.82) is 0 Å². The molecule has 104 valence electrons. The van der Waals surface area contributed by atoms with Gasteiger partial charge in [-0.2, -0.15) is 13.2 Å². The van der Waals surface area contributed by atoms with Crippen LogP contribution in [0.5, 0.6) is 0 Å². The molecule has 1 aromatic carbocycles. The van der Waals surface area contributed by atoms with Crippen LogP contribution in [0.2, 0.25) is 0 Å². The summed E-state index contributed by atoms with van der Waals surface area (Å²) in [6.07, 6.45) is -2.92. The number of benzene rings is 1. The number of carbonyl (C=O) groups is 1. The Labute approximate surface area is 114 Å². The average Bonchev–Trinajstić information content (AvgIpc) is 2.37. The summed E-state index contributed by atoms with van der Waals surface area (Å²) < 4.78 is 37.8. The second-order valence-electron chi connectivity index (χ2n) is 4.53. The molecule has 0 N–H and O–H groups in total. The maximum absolute atomic E-state index is 12.6. The molecule has 0 bridgehead atoms. The minimum absolute atomic E-state index is 0.236. The van der Waals surface area contributed by atoms with Gasteiger partial charge >= 0.3 is 6.18 Å². The third-order valence-corrected chi connectivity index (χ3v) is 3.02. The average molecular weight is 279 g/mol. The highest BCUT2D eigenvalue weighted by Gasteiger charge is 2.31. The predicted molar refractivity (Wildman–Crippen MR) is 68.6 cm³/mol. The largest absolute Gasteiger partial charge is 0.416 e. The quantitative estimate of drug-likeness (QED) is 0.779. The lowest BCUT2D eigenvalue weighted by Gasteiger charge is -2.11. The first-order valence-electron chi connectivity index (χ1n) is 5.95. The van der Waals surface area contributed by atoms with E-state index in [0.717, 1.165) is 12.1 Å². The number of aryl methyl sites for hydroxylation is 2. The van der Waals surface area contributed by atoms with Gasteiger partial charge in [0.25, 0.3) is 0 Å². The van der Waals surface area contributed by atoms with Crippen molar-refractivity contribution in [3.05, 3.63) is 64.5 Å². The Bertz CT molecular complexity index is 662. The van der Waals surface area contributed by atoms with Gasteiger partial charge in [0.15, 0.2) is 0 Å². The summed E-state index contributed by atoms with van der Waals surface area (Å²) in [7, 11) is 0. The Morgan fingerprint density at radius 3 is 2.35 bits per heavy atom. The number of halogens is 3. The predicted octanol–water partition coefficient (Wildman–Crippen LogP) is 3.95. The van der Waals surface area contributed by atoms with Gasteiger partial charge in [0.05, 0.1) is 5.56 Å². The Hall–Kier alpha value is -2.17. The minimum Gasteiger partial charge on any atom is -0.287 e. The number of pyridine rings is 1. The van der Waals surface area contributed by atoms with E-state index < -0.39 is 11.7 Å². The molecule has 20 heavy (non-hydrogen) atoms. The molecule has 0 saturated carbocycles. The molecule has 0 amide bonds. The number of aromatic nitrogens is 1. The molecule has 0 aliphatic carbocycles. The Morgan fingerprint density at radius 1 is 1.10 bits per heavy atom. The van der Waals surface area contributed by atoms with Crippen molar-refractivity contribution >= 4 is 5.78 Å². The van der Waals surface area contributed by atoms with Crippen LogP contribution in [0.1, 0.15) is 32.7 Å². The van der Waals surface area contributed by atoms with Crippen LogP contribution in [0.15, 0.2) is 36.5 Å². The van der Waals surface area contributed by atoms with Crippen molar-refractivity contribution in [2.45, 2.75) is 20.0 Å². The first-order valence-corrected chi connectivity index (χ1v) is 5.95. The van der Waals surface area contributed by atoms with E-state index in [0.29, 0.717) is 5.56 Å². The number of ketones is 1. The lowest BCUT2D eigenvalue weighted by atomic mass is 9.98. The molecule has 2 nitrogen and oxygen atoms in total. The summed E-state index contributed by atoms with van der Waals surface area (Å²) in [6, 6.07) is 6.53. The van der Waals surface area contributed by atoms with Crippen molar-refractivity contribution in [3.8, 4) is 0 Å². The van der Waals surface area contributed by atoms with E-state index in [-0.39, 0.29) is 22.6 Å². The molecule has 0 aliphatic heterocycles. The normalized spacial score (nSPS) is 11.4. The Morgan fingerprint density at radius 2 is 1.80 bits per heavy atom. The fraction of sp³-hybridized carbons (Fsp3) is 0.200. The van der Waals surface area contributed by atoms with Gasteiger partial charge in [-0.25, -0.2) is 0 Å². The highest BCUT2D eigenvalue weighted by molar-refractivity contribution is 6.09. The number of alkyl halides is 3. The third-order valence-electron chi connectivity index (χ3n) is 3.02. The number of carbonyl (C=O) groups excluding carboxylic acids is 1. The summed E-state index contributed by atoms with van der Waals surface area (Å²) in [5.41, 5.74) is 0.714. The van der Waals surface area contributed by atoms with Gasteiger partial charge in [-0.05, 0) is 43.2 Å². The van der Waals surface area contributed by atoms with Gasteiger partial charge < -0.3 is 0 Å². The van der Waals surface area contributed by atoms with Gasteiger partial charge in [-0.15, -0.1) is 0 Å². The SMILES string of the molecule is Cc1cc(C(F)(F)F)ccc1C(=O)c1ncccc1C. The molecule has 2 rings (SSSR count). The maximum atomic E-state index is 12.6. The van der Waals surface area contributed by atoms with Crippen LogP contribution in [-0.4, -0.2) is 10.8 Å². The Balaban J connectivity index is 2.45.